The van der Waals surface area contributed by atoms with Gasteiger partial charge in [0.1, 0.15) is 0 Å². The Balaban J connectivity index is 1.87. The van der Waals surface area contributed by atoms with Crippen LogP contribution >= 0.6 is 0 Å². The van der Waals surface area contributed by atoms with E-state index in [2.05, 4.69) is 6.92 Å². The van der Waals surface area contributed by atoms with E-state index in [1.807, 2.05) is 17.0 Å². The first-order valence-corrected chi connectivity index (χ1v) is 8.84. The average Bonchev–Trinajstić information content (AvgIpc) is 2.99. The van der Waals surface area contributed by atoms with Crippen molar-refractivity contribution in [3.05, 3.63) is 51.2 Å². The van der Waals surface area contributed by atoms with Crippen molar-refractivity contribution >= 4 is 11.6 Å². The molecule has 1 aliphatic carbocycles. The summed E-state index contributed by atoms with van der Waals surface area (Å²) in [4.78, 5) is 25.9. The lowest BCUT2D eigenvalue weighted by atomic mass is 9.73. The summed E-state index contributed by atoms with van der Waals surface area (Å²) >= 11 is 0. The predicted octanol–water partition coefficient (Wildman–Crippen LogP) is 4.15. The van der Waals surface area contributed by atoms with Crippen LogP contribution in [0.2, 0.25) is 0 Å². The van der Waals surface area contributed by atoms with Gasteiger partial charge in [-0.15, -0.1) is 0 Å². The number of carbonyl (C=O) groups excluding carboxylic acids is 1. The van der Waals surface area contributed by atoms with E-state index >= 15 is 0 Å². The van der Waals surface area contributed by atoms with Crippen molar-refractivity contribution in [2.24, 2.45) is 5.41 Å². The highest BCUT2D eigenvalue weighted by Crippen LogP contribution is 2.58. The lowest BCUT2D eigenvalue weighted by molar-refractivity contribution is -0.385. The molecule has 1 aromatic rings. The molecule has 2 atom stereocenters. The smallest absolute Gasteiger partial charge is 0.273 e. The fourth-order valence-corrected chi connectivity index (χ4v) is 5.11. The van der Waals surface area contributed by atoms with Crippen LogP contribution in [0.4, 0.5) is 5.69 Å². The number of para-hydroxylation sites is 1. The Morgan fingerprint density at radius 1 is 1.33 bits per heavy atom. The molecule has 1 amide bonds. The maximum absolute atomic E-state index is 12.8. The monoisotopic (exact) mass is 326 g/mol. The molecule has 0 spiro atoms. The van der Waals surface area contributed by atoms with Gasteiger partial charge in [0, 0.05) is 41.6 Å². The Hall–Kier alpha value is -2.17. The molecule has 1 fully saturated rings. The van der Waals surface area contributed by atoms with Crippen molar-refractivity contribution in [1.82, 2.24) is 4.90 Å². The molecule has 2 heterocycles. The van der Waals surface area contributed by atoms with Crippen molar-refractivity contribution in [2.45, 2.75) is 51.4 Å². The fraction of sp³-hybridized carbons (Fsp3) is 0.526. The maximum Gasteiger partial charge on any atom is 0.273 e. The highest BCUT2D eigenvalue weighted by Gasteiger charge is 2.50. The largest absolute Gasteiger partial charge is 0.316 e. The number of benzene rings is 1. The van der Waals surface area contributed by atoms with Gasteiger partial charge in [0.25, 0.3) is 5.69 Å². The average molecular weight is 326 g/mol. The van der Waals surface area contributed by atoms with Crippen LogP contribution in [-0.2, 0) is 4.79 Å². The Morgan fingerprint density at radius 3 is 2.88 bits per heavy atom. The van der Waals surface area contributed by atoms with Gasteiger partial charge in [0.15, 0.2) is 0 Å². The molecule has 126 valence electrons. The van der Waals surface area contributed by atoms with Crippen LogP contribution < -0.4 is 0 Å². The Morgan fingerprint density at radius 2 is 2.12 bits per heavy atom. The third kappa shape index (κ3) is 2.03. The lowest BCUT2D eigenvalue weighted by Crippen LogP contribution is -2.45. The van der Waals surface area contributed by atoms with E-state index in [0.717, 1.165) is 38.6 Å². The topological polar surface area (TPSA) is 63.5 Å². The molecule has 5 heteroatoms. The normalized spacial score (nSPS) is 29.0. The van der Waals surface area contributed by atoms with E-state index < -0.39 is 0 Å². The number of allylic oxidation sites excluding steroid dienone is 2. The number of piperidine rings is 1. The van der Waals surface area contributed by atoms with Gasteiger partial charge >= 0.3 is 0 Å². The number of carbonyl (C=O) groups is 1. The van der Waals surface area contributed by atoms with Crippen molar-refractivity contribution in [1.29, 1.82) is 0 Å². The molecule has 0 bridgehead atoms. The van der Waals surface area contributed by atoms with Crippen LogP contribution in [-0.4, -0.2) is 22.3 Å². The SMILES string of the molecule is CC[C@]12CCCN3C(=O)C[C@H](c4ccccc4[N+](=O)[O-])C(=C31)CC2. The van der Waals surface area contributed by atoms with Crippen LogP contribution in [0.1, 0.15) is 56.9 Å². The van der Waals surface area contributed by atoms with E-state index in [-0.39, 0.29) is 27.9 Å². The van der Waals surface area contributed by atoms with Gasteiger partial charge in [-0.3, -0.25) is 14.9 Å². The van der Waals surface area contributed by atoms with E-state index in [4.69, 9.17) is 0 Å². The molecule has 24 heavy (non-hydrogen) atoms. The standard InChI is InChI=1S/C19H22N2O3/c1-2-19-9-5-11-20-17(22)12-15(14(8-10-19)18(19)20)13-6-3-4-7-16(13)21(23)24/h3-4,6-7,15H,2,5,8-12H2,1H3/t15-,19-/m1/s1. The van der Waals surface area contributed by atoms with E-state index in [1.54, 1.807) is 12.1 Å². The molecule has 1 aromatic carbocycles. The predicted molar refractivity (Wildman–Crippen MR) is 90.4 cm³/mol. The van der Waals surface area contributed by atoms with Crippen molar-refractivity contribution in [2.75, 3.05) is 6.54 Å². The minimum Gasteiger partial charge on any atom is -0.316 e. The van der Waals surface area contributed by atoms with Gasteiger partial charge in [-0.05, 0) is 37.7 Å². The zero-order valence-electron chi connectivity index (χ0n) is 14.0. The summed E-state index contributed by atoms with van der Waals surface area (Å²) in [5.41, 5.74) is 3.46. The lowest BCUT2D eigenvalue weighted by Gasteiger charge is -2.45. The summed E-state index contributed by atoms with van der Waals surface area (Å²) in [6, 6.07) is 6.92. The van der Waals surface area contributed by atoms with Gasteiger partial charge in [-0.2, -0.15) is 0 Å². The number of nitrogens with zero attached hydrogens (tertiary/aromatic N) is 2. The van der Waals surface area contributed by atoms with E-state index in [0.29, 0.717) is 12.0 Å². The van der Waals surface area contributed by atoms with Crippen LogP contribution in [0.25, 0.3) is 0 Å². The molecule has 4 rings (SSSR count). The number of nitro benzene ring substituents is 1. The minimum absolute atomic E-state index is 0.117. The van der Waals surface area contributed by atoms with Crippen LogP contribution in [0.3, 0.4) is 0 Å². The third-order valence-corrected chi connectivity index (χ3v) is 6.27. The van der Waals surface area contributed by atoms with Crippen LogP contribution in [0.15, 0.2) is 35.5 Å². The Kier molecular flexibility index (Phi) is 3.48. The van der Waals surface area contributed by atoms with E-state index in [9.17, 15) is 14.9 Å². The Labute approximate surface area is 141 Å². The molecule has 2 aliphatic heterocycles. The highest BCUT2D eigenvalue weighted by atomic mass is 16.6. The molecule has 0 unspecified atom stereocenters. The highest BCUT2D eigenvalue weighted by molar-refractivity contribution is 5.83. The number of rotatable bonds is 3. The fourth-order valence-electron chi connectivity index (χ4n) is 5.11. The molecule has 0 radical (unpaired) electrons. The summed E-state index contributed by atoms with van der Waals surface area (Å²) in [5, 5.41) is 11.4. The second-order valence-corrected chi connectivity index (χ2v) is 7.23. The van der Waals surface area contributed by atoms with Gasteiger partial charge in [-0.25, -0.2) is 0 Å². The quantitative estimate of drug-likeness (QED) is 0.619. The molecule has 0 aromatic heterocycles. The molecule has 0 N–H and O–H groups in total. The number of hydrogen-bond acceptors (Lipinski definition) is 3. The maximum atomic E-state index is 12.8. The summed E-state index contributed by atoms with van der Waals surface area (Å²) in [6.45, 7) is 3.02. The molecular weight excluding hydrogens is 304 g/mol. The second kappa shape index (κ2) is 5.43. The van der Waals surface area contributed by atoms with Gasteiger partial charge < -0.3 is 4.90 Å². The summed E-state index contributed by atoms with van der Waals surface area (Å²) in [6.07, 6.45) is 5.64. The molecule has 0 saturated carbocycles. The second-order valence-electron chi connectivity index (χ2n) is 7.23. The summed E-state index contributed by atoms with van der Waals surface area (Å²) < 4.78 is 0. The third-order valence-electron chi connectivity index (χ3n) is 6.27. The van der Waals surface area contributed by atoms with Crippen LogP contribution in [0, 0.1) is 15.5 Å². The Bertz CT molecular complexity index is 755. The first kappa shape index (κ1) is 15.4. The number of hydrogen-bond donors (Lipinski definition) is 0. The summed E-state index contributed by atoms with van der Waals surface area (Å²) in [5.74, 6) is 0.00759. The van der Waals surface area contributed by atoms with E-state index in [1.165, 1.54) is 11.3 Å². The molecule has 3 aliphatic rings. The van der Waals surface area contributed by atoms with Gasteiger partial charge in [0.05, 0.1) is 4.92 Å². The van der Waals surface area contributed by atoms with Gasteiger partial charge in [0.2, 0.25) is 5.91 Å². The first-order chi connectivity index (χ1) is 11.6. The van der Waals surface area contributed by atoms with Crippen molar-refractivity contribution < 1.29 is 9.72 Å². The summed E-state index contributed by atoms with van der Waals surface area (Å²) in [7, 11) is 0. The molecular formula is C19H22N2O3. The van der Waals surface area contributed by atoms with Crippen molar-refractivity contribution in [3.63, 3.8) is 0 Å². The zero-order valence-corrected chi connectivity index (χ0v) is 14.0. The minimum atomic E-state index is -0.319. The van der Waals surface area contributed by atoms with Crippen molar-refractivity contribution in [3.8, 4) is 0 Å². The van der Waals surface area contributed by atoms with Crippen LogP contribution in [0.5, 0.6) is 0 Å². The number of amides is 1. The first-order valence-electron chi connectivity index (χ1n) is 8.84. The molecule has 1 saturated heterocycles. The zero-order chi connectivity index (χ0) is 16.9. The molecule has 5 nitrogen and oxygen atoms in total. The van der Waals surface area contributed by atoms with Gasteiger partial charge in [-0.1, -0.05) is 25.1 Å². The number of nitro groups is 1.